The third kappa shape index (κ3) is 4.01. The summed E-state index contributed by atoms with van der Waals surface area (Å²) in [6, 6.07) is 10.1. The lowest BCUT2D eigenvalue weighted by molar-refractivity contribution is -0.128. The largest absolute Gasteiger partial charge is 0.478 e. The number of amides is 1. The van der Waals surface area contributed by atoms with Gasteiger partial charge in [0.2, 0.25) is 0 Å². The summed E-state index contributed by atoms with van der Waals surface area (Å²) in [6.07, 6.45) is 3.00. The van der Waals surface area contributed by atoms with Crippen molar-refractivity contribution in [1.29, 1.82) is 5.26 Å². The molecule has 0 unspecified atom stereocenters. The summed E-state index contributed by atoms with van der Waals surface area (Å²) in [5.41, 5.74) is 1.95. The van der Waals surface area contributed by atoms with E-state index in [1.807, 2.05) is 24.3 Å². The Kier molecular flexibility index (Phi) is 5.05. The lowest BCUT2D eigenvalue weighted by Crippen LogP contribution is -2.42. The Morgan fingerprint density at radius 2 is 1.81 bits per heavy atom. The Hall–Kier alpha value is -2.32. The Morgan fingerprint density at radius 1 is 1.15 bits per heavy atom. The van der Waals surface area contributed by atoms with Crippen molar-refractivity contribution < 1.29 is 9.53 Å². The van der Waals surface area contributed by atoms with E-state index < -0.39 is 5.60 Å². The van der Waals surface area contributed by atoms with Crippen molar-refractivity contribution in [3.8, 4) is 11.8 Å². The van der Waals surface area contributed by atoms with E-state index in [2.05, 4.69) is 32.2 Å². The molecule has 0 saturated carbocycles. The summed E-state index contributed by atoms with van der Waals surface area (Å²) >= 11 is 1.52. The number of rotatable bonds is 4. The van der Waals surface area contributed by atoms with E-state index >= 15 is 0 Å². The average molecular weight is 383 g/mol. The zero-order chi connectivity index (χ0) is 19.8. The van der Waals surface area contributed by atoms with Crippen LogP contribution in [0, 0.1) is 11.3 Å². The molecule has 142 valence electrons. The highest BCUT2D eigenvalue weighted by molar-refractivity contribution is 7.16. The molecule has 0 fully saturated rings. The van der Waals surface area contributed by atoms with Crippen LogP contribution >= 0.6 is 11.3 Å². The van der Waals surface area contributed by atoms with Crippen LogP contribution < -0.4 is 10.1 Å². The maximum absolute atomic E-state index is 12.8. The molecule has 0 saturated heterocycles. The van der Waals surface area contributed by atoms with Gasteiger partial charge in [0.25, 0.3) is 5.91 Å². The van der Waals surface area contributed by atoms with E-state index in [4.69, 9.17) is 4.74 Å². The highest BCUT2D eigenvalue weighted by atomic mass is 32.1. The number of aryl methyl sites for hydroxylation is 1. The smallest absolute Gasteiger partial charge is 0.268 e. The standard InChI is InChI=1S/C22H26N2O2S/c1-21(2,3)14-9-11-15(12-10-14)26-22(4,5)20(25)24-19-17(13-23)16-7-6-8-18(16)27-19/h9-12H,6-8H2,1-5H3,(H,24,25). The SMILES string of the molecule is CC(C)(Oc1ccc(C(C)(C)C)cc1)C(=O)Nc1sc2c(c1C#N)CCC2. The number of nitrogens with one attached hydrogen (secondary N) is 1. The first-order valence-electron chi connectivity index (χ1n) is 9.27. The van der Waals surface area contributed by atoms with Crippen molar-refractivity contribution in [2.45, 2.75) is 64.9 Å². The van der Waals surface area contributed by atoms with E-state index in [0.29, 0.717) is 16.3 Å². The van der Waals surface area contributed by atoms with Gasteiger partial charge in [0.05, 0.1) is 5.56 Å². The second-order valence-corrected chi connectivity index (χ2v) is 9.62. The summed E-state index contributed by atoms with van der Waals surface area (Å²) in [5, 5.41) is 13.1. The number of ether oxygens (including phenoxy) is 1. The van der Waals surface area contributed by atoms with Gasteiger partial charge < -0.3 is 10.1 Å². The van der Waals surface area contributed by atoms with Crippen molar-refractivity contribution in [2.24, 2.45) is 0 Å². The van der Waals surface area contributed by atoms with Gasteiger partial charge in [0.15, 0.2) is 5.60 Å². The summed E-state index contributed by atoms with van der Waals surface area (Å²) < 4.78 is 5.96. The number of carbonyl (C=O) groups excluding carboxylic acids is 1. The summed E-state index contributed by atoms with van der Waals surface area (Å²) in [6.45, 7) is 9.96. The minimum absolute atomic E-state index is 0.0681. The van der Waals surface area contributed by atoms with Crippen LogP contribution in [-0.2, 0) is 23.1 Å². The van der Waals surface area contributed by atoms with Gasteiger partial charge in [0.1, 0.15) is 16.8 Å². The molecule has 4 nitrogen and oxygen atoms in total. The van der Waals surface area contributed by atoms with Crippen molar-refractivity contribution in [3.05, 3.63) is 45.8 Å². The van der Waals surface area contributed by atoms with Gasteiger partial charge in [-0.2, -0.15) is 5.26 Å². The number of thiophene rings is 1. The molecule has 0 spiro atoms. The first kappa shape index (κ1) is 19.4. The van der Waals surface area contributed by atoms with Crippen molar-refractivity contribution in [2.75, 3.05) is 5.32 Å². The van der Waals surface area contributed by atoms with E-state index in [9.17, 15) is 10.1 Å². The van der Waals surface area contributed by atoms with Crippen LogP contribution in [0.3, 0.4) is 0 Å². The number of anilines is 1. The van der Waals surface area contributed by atoms with Gasteiger partial charge in [-0.15, -0.1) is 11.3 Å². The molecule has 0 bridgehead atoms. The van der Waals surface area contributed by atoms with Crippen LogP contribution in [0.2, 0.25) is 0 Å². The Bertz CT molecular complexity index is 896. The molecule has 1 aromatic carbocycles. The number of hydrogen-bond acceptors (Lipinski definition) is 4. The normalized spacial score (nSPS) is 13.8. The Labute approximate surface area is 165 Å². The van der Waals surface area contributed by atoms with E-state index in [0.717, 1.165) is 24.8 Å². The molecule has 1 amide bonds. The first-order valence-corrected chi connectivity index (χ1v) is 10.1. The van der Waals surface area contributed by atoms with Crippen LogP contribution in [0.15, 0.2) is 24.3 Å². The van der Waals surface area contributed by atoms with E-state index in [1.165, 1.54) is 21.8 Å². The lowest BCUT2D eigenvalue weighted by Gasteiger charge is -2.26. The van der Waals surface area contributed by atoms with Gasteiger partial charge in [-0.25, -0.2) is 0 Å². The number of nitrogens with zero attached hydrogens (tertiary/aromatic N) is 1. The molecule has 1 heterocycles. The molecule has 0 radical (unpaired) electrons. The lowest BCUT2D eigenvalue weighted by atomic mass is 9.87. The van der Waals surface area contributed by atoms with Crippen LogP contribution in [0.5, 0.6) is 5.75 Å². The molecule has 1 aromatic heterocycles. The van der Waals surface area contributed by atoms with Crippen molar-refractivity contribution in [3.63, 3.8) is 0 Å². The second-order valence-electron chi connectivity index (χ2n) is 8.51. The number of carbonyl (C=O) groups is 1. The third-order valence-corrected chi connectivity index (χ3v) is 6.11. The fourth-order valence-corrected chi connectivity index (χ4v) is 4.46. The fraction of sp³-hybridized carbons (Fsp3) is 0.455. The molecule has 1 N–H and O–H groups in total. The zero-order valence-electron chi connectivity index (χ0n) is 16.6. The van der Waals surface area contributed by atoms with Gasteiger partial charge in [0, 0.05) is 4.88 Å². The van der Waals surface area contributed by atoms with Gasteiger partial charge in [-0.05, 0) is 61.8 Å². The predicted octanol–water partition coefficient (Wildman–Crippen LogP) is 5.20. The minimum Gasteiger partial charge on any atom is -0.478 e. The van der Waals surface area contributed by atoms with Gasteiger partial charge >= 0.3 is 0 Å². The van der Waals surface area contributed by atoms with Crippen LogP contribution in [0.4, 0.5) is 5.00 Å². The van der Waals surface area contributed by atoms with Crippen molar-refractivity contribution >= 4 is 22.2 Å². The van der Waals surface area contributed by atoms with Gasteiger partial charge in [-0.1, -0.05) is 32.9 Å². The Morgan fingerprint density at radius 3 is 2.41 bits per heavy atom. The zero-order valence-corrected chi connectivity index (χ0v) is 17.4. The van der Waals surface area contributed by atoms with E-state index in [-0.39, 0.29) is 11.3 Å². The maximum Gasteiger partial charge on any atom is 0.268 e. The summed E-state index contributed by atoms with van der Waals surface area (Å²) in [7, 11) is 0. The van der Waals surface area contributed by atoms with Crippen LogP contribution in [0.25, 0.3) is 0 Å². The van der Waals surface area contributed by atoms with Crippen LogP contribution in [0.1, 0.15) is 62.6 Å². The topological polar surface area (TPSA) is 62.1 Å². The number of hydrogen-bond donors (Lipinski definition) is 1. The monoisotopic (exact) mass is 382 g/mol. The molecule has 0 aliphatic heterocycles. The third-order valence-electron chi connectivity index (χ3n) is 4.90. The second kappa shape index (κ2) is 7.01. The fourth-order valence-electron chi connectivity index (χ4n) is 3.23. The molecule has 1 aliphatic carbocycles. The summed E-state index contributed by atoms with van der Waals surface area (Å²) in [5.74, 6) is 0.399. The minimum atomic E-state index is -1.05. The quantitative estimate of drug-likeness (QED) is 0.790. The Balaban J connectivity index is 1.74. The average Bonchev–Trinajstić information content (AvgIpc) is 3.14. The molecular formula is C22H26N2O2S. The van der Waals surface area contributed by atoms with Gasteiger partial charge in [-0.3, -0.25) is 4.79 Å². The molecule has 27 heavy (non-hydrogen) atoms. The molecule has 2 aromatic rings. The number of benzene rings is 1. The first-order chi connectivity index (χ1) is 12.6. The van der Waals surface area contributed by atoms with Crippen molar-refractivity contribution in [1.82, 2.24) is 0 Å². The molecule has 0 atom stereocenters. The molecule has 1 aliphatic rings. The predicted molar refractivity (Wildman–Crippen MR) is 110 cm³/mol. The highest BCUT2D eigenvalue weighted by Crippen LogP contribution is 2.39. The van der Waals surface area contributed by atoms with E-state index in [1.54, 1.807) is 13.8 Å². The maximum atomic E-state index is 12.8. The molecule has 3 rings (SSSR count). The highest BCUT2D eigenvalue weighted by Gasteiger charge is 2.32. The molecular weight excluding hydrogens is 356 g/mol. The summed E-state index contributed by atoms with van der Waals surface area (Å²) in [4.78, 5) is 14.0. The van der Waals surface area contributed by atoms with Crippen LogP contribution in [-0.4, -0.2) is 11.5 Å². The molecule has 5 heteroatoms. The number of fused-ring (bicyclic) bond motifs is 1. The number of nitriles is 1.